The second-order valence-electron chi connectivity index (χ2n) is 5.29. The minimum absolute atomic E-state index is 0.105. The Kier molecular flexibility index (Phi) is 4.60. The van der Waals surface area contributed by atoms with Crippen LogP contribution in [0, 0.1) is 5.82 Å². The van der Waals surface area contributed by atoms with Crippen LogP contribution in [0.25, 0.3) is 10.9 Å². The molecule has 24 heavy (non-hydrogen) atoms. The van der Waals surface area contributed by atoms with Crippen LogP contribution in [0.1, 0.15) is 12.0 Å². The zero-order valence-electron chi connectivity index (χ0n) is 12.8. The molecule has 0 atom stereocenters. The summed E-state index contributed by atoms with van der Waals surface area (Å²) in [7, 11) is 0. The van der Waals surface area contributed by atoms with Crippen molar-refractivity contribution in [3.63, 3.8) is 0 Å². The quantitative estimate of drug-likeness (QED) is 0.773. The topological polar surface area (TPSA) is 76.9 Å². The third-order valence-electron chi connectivity index (χ3n) is 3.58. The SMILES string of the molecule is O=C(CCn1nnc2ccccc2c1=O)NCc1ccc(F)cc1. The standard InChI is InChI=1S/C17H15FN4O2/c18-13-7-5-12(6-8-13)11-19-16(23)9-10-22-17(24)14-3-1-2-4-15(14)20-21-22/h1-8H,9-11H2,(H,19,23). The van der Waals surface area contributed by atoms with E-state index in [0.29, 0.717) is 17.4 Å². The van der Waals surface area contributed by atoms with Gasteiger partial charge in [-0.3, -0.25) is 9.59 Å². The first-order valence-electron chi connectivity index (χ1n) is 7.47. The molecule has 0 aliphatic heterocycles. The number of carbonyl (C=O) groups excluding carboxylic acids is 1. The monoisotopic (exact) mass is 326 g/mol. The van der Waals surface area contributed by atoms with Gasteiger partial charge in [0.15, 0.2) is 0 Å². The maximum absolute atomic E-state index is 12.8. The number of fused-ring (bicyclic) bond motifs is 1. The van der Waals surface area contributed by atoms with Crippen molar-refractivity contribution in [3.05, 3.63) is 70.3 Å². The van der Waals surface area contributed by atoms with E-state index in [1.165, 1.54) is 16.8 Å². The summed E-state index contributed by atoms with van der Waals surface area (Å²) in [5.41, 5.74) is 1.05. The lowest BCUT2D eigenvalue weighted by molar-refractivity contribution is -0.121. The third-order valence-corrected chi connectivity index (χ3v) is 3.58. The first-order valence-corrected chi connectivity index (χ1v) is 7.47. The summed E-state index contributed by atoms with van der Waals surface area (Å²) in [5.74, 6) is -0.541. The Morgan fingerprint density at radius 2 is 1.88 bits per heavy atom. The molecule has 0 bridgehead atoms. The van der Waals surface area contributed by atoms with E-state index >= 15 is 0 Å². The van der Waals surface area contributed by atoms with Gasteiger partial charge < -0.3 is 5.32 Å². The maximum Gasteiger partial charge on any atom is 0.277 e. The van der Waals surface area contributed by atoms with Crippen molar-refractivity contribution < 1.29 is 9.18 Å². The molecule has 1 heterocycles. The number of nitrogens with zero attached hydrogens (tertiary/aromatic N) is 3. The van der Waals surface area contributed by atoms with Gasteiger partial charge in [-0.25, -0.2) is 9.07 Å². The largest absolute Gasteiger partial charge is 0.352 e. The zero-order chi connectivity index (χ0) is 16.9. The first-order chi connectivity index (χ1) is 11.6. The van der Waals surface area contributed by atoms with Crippen molar-refractivity contribution >= 4 is 16.8 Å². The summed E-state index contributed by atoms with van der Waals surface area (Å²) in [5, 5.41) is 11.0. The van der Waals surface area contributed by atoms with E-state index in [1.54, 1.807) is 36.4 Å². The second-order valence-corrected chi connectivity index (χ2v) is 5.29. The molecule has 0 aliphatic rings. The van der Waals surface area contributed by atoms with Crippen molar-refractivity contribution in [3.8, 4) is 0 Å². The van der Waals surface area contributed by atoms with E-state index in [4.69, 9.17) is 0 Å². The molecule has 0 radical (unpaired) electrons. The molecule has 0 saturated carbocycles. The molecule has 0 fully saturated rings. The molecule has 0 aliphatic carbocycles. The molecular weight excluding hydrogens is 311 g/mol. The highest BCUT2D eigenvalue weighted by atomic mass is 19.1. The molecule has 1 amide bonds. The van der Waals surface area contributed by atoms with Crippen LogP contribution in [0.4, 0.5) is 4.39 Å². The van der Waals surface area contributed by atoms with Gasteiger partial charge in [0, 0.05) is 13.0 Å². The molecule has 0 spiro atoms. The average molecular weight is 326 g/mol. The van der Waals surface area contributed by atoms with Gasteiger partial charge >= 0.3 is 0 Å². The van der Waals surface area contributed by atoms with Gasteiger partial charge in [-0.1, -0.05) is 29.5 Å². The number of aromatic nitrogens is 3. The van der Waals surface area contributed by atoms with E-state index < -0.39 is 0 Å². The Balaban J connectivity index is 1.59. The fourth-order valence-electron chi connectivity index (χ4n) is 2.27. The zero-order valence-corrected chi connectivity index (χ0v) is 12.8. The average Bonchev–Trinajstić information content (AvgIpc) is 2.61. The number of benzene rings is 2. The van der Waals surface area contributed by atoms with E-state index in [1.807, 2.05) is 0 Å². The molecule has 0 saturated heterocycles. The lowest BCUT2D eigenvalue weighted by atomic mass is 10.2. The summed E-state index contributed by atoms with van der Waals surface area (Å²) in [4.78, 5) is 24.1. The van der Waals surface area contributed by atoms with Crippen molar-refractivity contribution in [2.45, 2.75) is 19.5 Å². The predicted molar refractivity (Wildman–Crippen MR) is 86.7 cm³/mol. The molecule has 3 aromatic rings. The Morgan fingerprint density at radius 3 is 2.67 bits per heavy atom. The molecule has 1 N–H and O–H groups in total. The number of amides is 1. The highest BCUT2D eigenvalue weighted by molar-refractivity contribution is 5.77. The van der Waals surface area contributed by atoms with Crippen molar-refractivity contribution in [2.24, 2.45) is 0 Å². The summed E-state index contributed by atoms with van der Waals surface area (Å²) in [6.07, 6.45) is 0.105. The summed E-state index contributed by atoms with van der Waals surface area (Å²) in [6, 6.07) is 12.8. The van der Waals surface area contributed by atoms with E-state index in [0.717, 1.165) is 5.56 Å². The van der Waals surface area contributed by atoms with Crippen LogP contribution in [0.3, 0.4) is 0 Å². The number of carbonyl (C=O) groups is 1. The normalized spacial score (nSPS) is 10.7. The van der Waals surface area contributed by atoms with Gasteiger partial charge in [0.1, 0.15) is 11.3 Å². The maximum atomic E-state index is 12.8. The Morgan fingerprint density at radius 1 is 1.12 bits per heavy atom. The third kappa shape index (κ3) is 3.62. The molecule has 0 unspecified atom stereocenters. The predicted octanol–water partition coefficient (Wildman–Crippen LogP) is 1.64. The van der Waals surface area contributed by atoms with Crippen molar-refractivity contribution in [2.75, 3.05) is 0 Å². The smallest absolute Gasteiger partial charge is 0.277 e. The Labute approximate surface area is 136 Å². The minimum atomic E-state index is -0.320. The fourth-order valence-corrected chi connectivity index (χ4v) is 2.27. The summed E-state index contributed by atoms with van der Waals surface area (Å²) in [6.45, 7) is 0.448. The number of hydrogen-bond acceptors (Lipinski definition) is 4. The minimum Gasteiger partial charge on any atom is -0.352 e. The van der Waals surface area contributed by atoms with Crippen molar-refractivity contribution in [1.82, 2.24) is 20.3 Å². The van der Waals surface area contributed by atoms with Gasteiger partial charge in [0.2, 0.25) is 5.91 Å². The summed E-state index contributed by atoms with van der Waals surface area (Å²) >= 11 is 0. The van der Waals surface area contributed by atoms with Crippen LogP contribution in [0.2, 0.25) is 0 Å². The van der Waals surface area contributed by atoms with Gasteiger partial charge in [0.05, 0.1) is 11.9 Å². The highest BCUT2D eigenvalue weighted by Gasteiger charge is 2.07. The van der Waals surface area contributed by atoms with Crippen LogP contribution < -0.4 is 10.9 Å². The molecular formula is C17H15FN4O2. The lowest BCUT2D eigenvalue weighted by Gasteiger charge is -2.07. The Hall–Kier alpha value is -3.09. The highest BCUT2D eigenvalue weighted by Crippen LogP contribution is 2.04. The number of hydrogen-bond donors (Lipinski definition) is 1. The number of rotatable bonds is 5. The van der Waals surface area contributed by atoms with Gasteiger partial charge in [-0.15, -0.1) is 5.10 Å². The van der Waals surface area contributed by atoms with E-state index in [-0.39, 0.29) is 30.2 Å². The van der Waals surface area contributed by atoms with Gasteiger partial charge in [0.25, 0.3) is 5.56 Å². The van der Waals surface area contributed by atoms with Crippen LogP contribution >= 0.6 is 0 Å². The first kappa shape index (κ1) is 15.8. The molecule has 7 heteroatoms. The van der Waals surface area contributed by atoms with Crippen molar-refractivity contribution in [1.29, 1.82) is 0 Å². The molecule has 122 valence electrons. The fraction of sp³-hybridized carbons (Fsp3) is 0.176. The van der Waals surface area contributed by atoms with E-state index in [9.17, 15) is 14.0 Å². The van der Waals surface area contributed by atoms with Crippen LogP contribution in [-0.4, -0.2) is 20.9 Å². The molecule has 1 aromatic heterocycles. The van der Waals surface area contributed by atoms with E-state index in [2.05, 4.69) is 15.6 Å². The second kappa shape index (κ2) is 6.99. The molecule has 3 rings (SSSR count). The van der Waals surface area contributed by atoms with Crippen LogP contribution in [0.5, 0.6) is 0 Å². The van der Waals surface area contributed by atoms with Crippen LogP contribution in [-0.2, 0) is 17.9 Å². The number of nitrogens with one attached hydrogen (secondary N) is 1. The van der Waals surface area contributed by atoms with Crippen LogP contribution in [0.15, 0.2) is 53.3 Å². The molecule has 2 aromatic carbocycles. The Bertz CT molecular complexity index is 922. The lowest BCUT2D eigenvalue weighted by Crippen LogP contribution is -2.29. The summed E-state index contributed by atoms with van der Waals surface area (Å²) < 4.78 is 14.0. The molecule has 6 nitrogen and oxygen atoms in total. The number of aryl methyl sites for hydroxylation is 1. The number of halogens is 1. The van der Waals surface area contributed by atoms with Gasteiger partial charge in [-0.2, -0.15) is 0 Å². The van der Waals surface area contributed by atoms with Gasteiger partial charge in [-0.05, 0) is 29.8 Å².